The summed E-state index contributed by atoms with van der Waals surface area (Å²) >= 11 is 0. The van der Waals surface area contributed by atoms with Crippen LogP contribution in [-0.2, 0) is 14.6 Å². The topological polar surface area (TPSA) is 96.3 Å². The molecule has 6 nitrogen and oxygen atoms in total. The fraction of sp³-hybridized carbons (Fsp3) is 0.444. The highest BCUT2D eigenvalue weighted by Gasteiger charge is 2.29. The van der Waals surface area contributed by atoms with E-state index < -0.39 is 27.2 Å². The minimum atomic E-state index is -3.53. The monoisotopic (exact) mass is 364 g/mol. The third kappa shape index (κ3) is 6.24. The molecule has 0 bridgehead atoms. The lowest BCUT2D eigenvalue weighted by atomic mass is 10.1. The smallest absolute Gasteiger partial charge is 0.412 e. The minimum absolute atomic E-state index is 0.0967. The van der Waals surface area contributed by atoms with Gasteiger partial charge in [0.2, 0.25) is 0 Å². The second kappa shape index (κ2) is 8.67. The van der Waals surface area contributed by atoms with Gasteiger partial charge in [-0.2, -0.15) is 5.26 Å². The molecule has 0 aliphatic rings. The maximum absolute atomic E-state index is 12.7. The van der Waals surface area contributed by atoms with E-state index in [2.05, 4.69) is 11.9 Å². The molecule has 1 rings (SSSR count). The number of ether oxygens (including phenoxy) is 1. The zero-order chi connectivity index (χ0) is 19.2. The number of nitrogens with zero attached hydrogens (tertiary/aromatic N) is 1. The van der Waals surface area contributed by atoms with E-state index in [0.29, 0.717) is 11.1 Å². The van der Waals surface area contributed by atoms with Crippen molar-refractivity contribution in [3.63, 3.8) is 0 Å². The van der Waals surface area contributed by atoms with Gasteiger partial charge in [0.05, 0.1) is 28.4 Å². The molecule has 25 heavy (non-hydrogen) atoms. The van der Waals surface area contributed by atoms with E-state index in [4.69, 9.17) is 10.00 Å². The van der Waals surface area contributed by atoms with Crippen LogP contribution in [0.5, 0.6) is 0 Å². The van der Waals surface area contributed by atoms with Crippen LogP contribution in [0.25, 0.3) is 0 Å². The molecule has 7 heteroatoms. The number of nitrogens with one attached hydrogen (secondary N) is 1. The second-order valence-electron chi connectivity index (χ2n) is 6.29. The molecule has 2 atom stereocenters. The summed E-state index contributed by atoms with van der Waals surface area (Å²) in [6.07, 6.45) is -0.715. The van der Waals surface area contributed by atoms with E-state index in [1.165, 1.54) is 6.92 Å². The maximum atomic E-state index is 12.7. The molecule has 0 aliphatic heterocycles. The SMILES string of the molecule is C=C(C)OC(=O)N[C@H](CS(=O)(=O)C(C)c1ccc(C#N)cc1)C(C)C. The number of sulfone groups is 1. The number of nitriles is 1. The standard InChI is InChI=1S/C18H24N2O4S/c1-12(2)17(20-18(21)24-13(3)4)11-25(22,23)14(5)16-8-6-15(10-19)7-9-16/h6-9,12,14,17H,3,11H2,1-2,4-5H3,(H,20,21)/t14?,17-/m1/s1. The Kier molecular flexibility index (Phi) is 7.19. The Morgan fingerprint density at radius 1 is 1.28 bits per heavy atom. The molecule has 136 valence electrons. The first kappa shape index (κ1) is 20.7. The van der Waals surface area contributed by atoms with Gasteiger partial charge in [-0.15, -0.1) is 0 Å². The van der Waals surface area contributed by atoms with Gasteiger partial charge < -0.3 is 10.1 Å². The zero-order valence-corrected chi connectivity index (χ0v) is 15.8. The molecule has 0 radical (unpaired) electrons. The van der Waals surface area contributed by atoms with Crippen molar-refractivity contribution < 1.29 is 17.9 Å². The van der Waals surface area contributed by atoms with Gasteiger partial charge in [-0.25, -0.2) is 13.2 Å². The van der Waals surface area contributed by atoms with Crippen molar-refractivity contribution in [3.05, 3.63) is 47.7 Å². The van der Waals surface area contributed by atoms with E-state index in [1.54, 1.807) is 31.2 Å². The van der Waals surface area contributed by atoms with Gasteiger partial charge in [0.1, 0.15) is 0 Å². The number of carbonyl (C=O) groups is 1. The van der Waals surface area contributed by atoms with Gasteiger partial charge in [0.25, 0.3) is 0 Å². The van der Waals surface area contributed by atoms with Crippen LogP contribution in [-0.4, -0.2) is 26.3 Å². The lowest BCUT2D eigenvalue weighted by Crippen LogP contribution is -2.44. The van der Waals surface area contributed by atoms with Crippen molar-refractivity contribution in [2.45, 2.75) is 39.0 Å². The Morgan fingerprint density at radius 3 is 2.28 bits per heavy atom. The molecule has 1 amide bonds. The van der Waals surface area contributed by atoms with Gasteiger partial charge in [-0.1, -0.05) is 32.6 Å². The highest BCUT2D eigenvalue weighted by molar-refractivity contribution is 7.91. The van der Waals surface area contributed by atoms with Gasteiger partial charge in [-0.05, 0) is 37.5 Å². The first-order chi connectivity index (χ1) is 11.6. The second-order valence-corrected chi connectivity index (χ2v) is 8.66. The summed E-state index contributed by atoms with van der Waals surface area (Å²) in [4.78, 5) is 11.7. The first-order valence-corrected chi connectivity index (χ1v) is 9.64. The third-order valence-corrected chi connectivity index (χ3v) is 6.01. The molecule has 0 saturated heterocycles. The number of alkyl carbamates (subject to hydrolysis) is 1. The number of amides is 1. The van der Waals surface area contributed by atoms with Crippen molar-refractivity contribution in [2.75, 3.05) is 5.75 Å². The molecule has 0 aliphatic carbocycles. The quantitative estimate of drug-likeness (QED) is 0.749. The lowest BCUT2D eigenvalue weighted by molar-refractivity contribution is 0.170. The van der Waals surface area contributed by atoms with Gasteiger partial charge in [-0.3, -0.25) is 0 Å². The van der Waals surface area contributed by atoms with Crippen LogP contribution in [0.3, 0.4) is 0 Å². The number of hydrogen-bond donors (Lipinski definition) is 1. The molecular weight excluding hydrogens is 340 g/mol. The van der Waals surface area contributed by atoms with Crippen LogP contribution in [0, 0.1) is 17.2 Å². The molecule has 0 fully saturated rings. The third-order valence-electron chi connectivity index (χ3n) is 3.83. The van der Waals surface area contributed by atoms with Crippen molar-refractivity contribution >= 4 is 15.9 Å². The Bertz CT molecular complexity index is 761. The summed E-state index contributed by atoms with van der Waals surface area (Å²) in [6, 6.07) is 7.85. The summed E-state index contributed by atoms with van der Waals surface area (Å²) in [5.74, 6) is -0.0775. The molecule has 0 aromatic heterocycles. The number of allylic oxidation sites excluding steroid dienone is 1. The minimum Gasteiger partial charge on any atom is -0.416 e. The molecular formula is C18H24N2O4S. The summed E-state index contributed by atoms with van der Waals surface area (Å²) in [7, 11) is -3.53. The molecule has 1 unspecified atom stereocenters. The average molecular weight is 364 g/mol. The Morgan fingerprint density at radius 2 is 1.84 bits per heavy atom. The Balaban J connectivity index is 2.92. The van der Waals surface area contributed by atoms with Crippen LogP contribution in [0.1, 0.15) is 44.1 Å². The van der Waals surface area contributed by atoms with Crippen LogP contribution >= 0.6 is 0 Å². The van der Waals surface area contributed by atoms with E-state index in [-0.39, 0.29) is 17.4 Å². The number of rotatable bonds is 7. The average Bonchev–Trinajstić information content (AvgIpc) is 2.52. The van der Waals surface area contributed by atoms with E-state index in [9.17, 15) is 13.2 Å². The van der Waals surface area contributed by atoms with E-state index in [0.717, 1.165) is 0 Å². The number of benzene rings is 1. The number of carbonyl (C=O) groups excluding carboxylic acids is 1. The molecule has 0 saturated carbocycles. The van der Waals surface area contributed by atoms with Crippen LogP contribution in [0.15, 0.2) is 36.6 Å². The summed E-state index contributed by atoms with van der Waals surface area (Å²) in [6.45, 7) is 10.3. The van der Waals surface area contributed by atoms with Crippen LogP contribution < -0.4 is 5.32 Å². The highest BCUT2D eigenvalue weighted by atomic mass is 32.2. The summed E-state index contributed by atoms with van der Waals surface area (Å²) in [5.41, 5.74) is 1.07. The van der Waals surface area contributed by atoms with Gasteiger partial charge in [0, 0.05) is 6.04 Å². The fourth-order valence-corrected chi connectivity index (χ4v) is 4.00. The normalized spacial score (nSPS) is 13.6. The van der Waals surface area contributed by atoms with Gasteiger partial charge >= 0.3 is 6.09 Å². The molecule has 1 aromatic carbocycles. The number of hydrogen-bond acceptors (Lipinski definition) is 5. The molecule has 0 spiro atoms. The Labute approximate surface area is 149 Å². The largest absolute Gasteiger partial charge is 0.416 e. The van der Waals surface area contributed by atoms with Crippen molar-refractivity contribution in [1.29, 1.82) is 5.26 Å². The first-order valence-electron chi connectivity index (χ1n) is 7.92. The van der Waals surface area contributed by atoms with Crippen LogP contribution in [0.4, 0.5) is 4.79 Å². The maximum Gasteiger partial charge on any atom is 0.412 e. The highest BCUT2D eigenvalue weighted by Crippen LogP contribution is 2.24. The van der Waals surface area contributed by atoms with E-state index >= 15 is 0 Å². The van der Waals surface area contributed by atoms with Crippen molar-refractivity contribution in [2.24, 2.45) is 5.92 Å². The van der Waals surface area contributed by atoms with Crippen molar-refractivity contribution in [3.8, 4) is 6.07 Å². The zero-order valence-electron chi connectivity index (χ0n) is 14.9. The summed E-state index contributed by atoms with van der Waals surface area (Å²) in [5, 5.41) is 10.7. The fourth-order valence-electron chi connectivity index (χ4n) is 2.17. The Hall–Kier alpha value is -2.33. The lowest BCUT2D eigenvalue weighted by Gasteiger charge is -2.24. The van der Waals surface area contributed by atoms with Crippen molar-refractivity contribution in [1.82, 2.24) is 5.32 Å². The van der Waals surface area contributed by atoms with Crippen LogP contribution in [0.2, 0.25) is 0 Å². The van der Waals surface area contributed by atoms with Gasteiger partial charge in [0.15, 0.2) is 9.84 Å². The van der Waals surface area contributed by atoms with E-state index in [1.807, 2.05) is 19.9 Å². The predicted octanol–water partition coefficient (Wildman–Crippen LogP) is 3.32. The molecule has 1 aromatic rings. The molecule has 1 N–H and O–H groups in total. The summed E-state index contributed by atoms with van der Waals surface area (Å²) < 4.78 is 30.3. The predicted molar refractivity (Wildman–Crippen MR) is 96.4 cm³/mol. The molecule has 0 heterocycles.